The van der Waals surface area contributed by atoms with E-state index in [1.807, 2.05) is 0 Å². The summed E-state index contributed by atoms with van der Waals surface area (Å²) in [6.07, 6.45) is 3.66. The van der Waals surface area contributed by atoms with Gasteiger partial charge in [0, 0.05) is 24.6 Å². The summed E-state index contributed by atoms with van der Waals surface area (Å²) < 4.78 is 4.96. The molecule has 0 saturated heterocycles. The molecule has 2 N–H and O–H groups in total. The lowest BCUT2D eigenvalue weighted by molar-refractivity contribution is -0.385. The minimum absolute atomic E-state index is 0.0374. The standard InChI is InChI=1S/C19H21N3O5S/c1-27-11-10-20-18(24)16-13-7-3-5-9-15(13)28-19(16)21-17(23)12-6-2-4-8-14(12)22(25)26/h2,4,6,8H,3,5,7,9-11H2,1H3,(H,20,24)(H,21,23). The first kappa shape index (κ1) is 20.0. The number of fused-ring (bicyclic) bond motifs is 1. The number of aryl methyl sites for hydroxylation is 1. The van der Waals surface area contributed by atoms with Gasteiger partial charge in [-0.05, 0) is 37.3 Å². The van der Waals surface area contributed by atoms with Crippen LogP contribution < -0.4 is 10.6 Å². The van der Waals surface area contributed by atoms with Gasteiger partial charge in [-0.25, -0.2) is 0 Å². The number of para-hydroxylation sites is 1. The Bertz CT molecular complexity index is 909. The smallest absolute Gasteiger partial charge is 0.282 e. The molecule has 1 aliphatic rings. The maximum absolute atomic E-state index is 12.7. The van der Waals surface area contributed by atoms with Gasteiger partial charge in [0.2, 0.25) is 0 Å². The molecule has 1 aromatic heterocycles. The van der Waals surface area contributed by atoms with Gasteiger partial charge in [-0.2, -0.15) is 0 Å². The molecule has 0 bridgehead atoms. The number of carbonyl (C=O) groups is 2. The number of hydrogen-bond acceptors (Lipinski definition) is 6. The summed E-state index contributed by atoms with van der Waals surface area (Å²) in [5, 5.41) is 17.2. The average molecular weight is 403 g/mol. The molecule has 1 heterocycles. The average Bonchev–Trinajstić information content (AvgIpc) is 3.05. The number of nitrogens with one attached hydrogen (secondary N) is 2. The highest BCUT2D eigenvalue weighted by Crippen LogP contribution is 2.38. The van der Waals surface area contributed by atoms with Gasteiger partial charge >= 0.3 is 0 Å². The van der Waals surface area contributed by atoms with Crippen LogP contribution in [0.25, 0.3) is 0 Å². The number of ether oxygens (including phenoxy) is 1. The zero-order chi connectivity index (χ0) is 20.1. The van der Waals surface area contributed by atoms with Crippen LogP contribution in [0.4, 0.5) is 10.7 Å². The van der Waals surface area contributed by atoms with Crippen LogP contribution >= 0.6 is 11.3 Å². The van der Waals surface area contributed by atoms with Gasteiger partial charge in [0.1, 0.15) is 10.6 Å². The molecule has 0 atom stereocenters. The molecule has 2 aromatic rings. The Balaban J connectivity index is 1.91. The van der Waals surface area contributed by atoms with Crippen molar-refractivity contribution in [1.82, 2.24) is 5.32 Å². The highest BCUT2D eigenvalue weighted by atomic mass is 32.1. The molecule has 28 heavy (non-hydrogen) atoms. The number of carbonyl (C=O) groups excluding carboxylic acids is 2. The highest BCUT2D eigenvalue weighted by Gasteiger charge is 2.28. The van der Waals surface area contributed by atoms with Crippen molar-refractivity contribution in [3.63, 3.8) is 0 Å². The Kier molecular flexibility index (Phi) is 6.37. The molecule has 9 heteroatoms. The lowest BCUT2D eigenvalue weighted by atomic mass is 9.95. The molecule has 148 valence electrons. The Morgan fingerprint density at radius 1 is 1.21 bits per heavy atom. The van der Waals surface area contributed by atoms with E-state index in [1.165, 1.54) is 29.5 Å². The molecule has 0 unspecified atom stereocenters. The fraction of sp³-hybridized carbons (Fsp3) is 0.368. The number of thiophene rings is 1. The van der Waals surface area contributed by atoms with Gasteiger partial charge in [-0.1, -0.05) is 12.1 Å². The summed E-state index contributed by atoms with van der Waals surface area (Å²) in [5.41, 5.74) is 1.11. The quantitative estimate of drug-likeness (QED) is 0.419. The molecule has 0 spiro atoms. The van der Waals surface area contributed by atoms with Crippen LogP contribution in [0, 0.1) is 10.1 Å². The SMILES string of the molecule is COCCNC(=O)c1c(NC(=O)c2ccccc2[N+](=O)[O-])sc2c1CCCC2. The number of amides is 2. The van der Waals surface area contributed by atoms with Crippen molar-refractivity contribution in [3.05, 3.63) is 55.9 Å². The van der Waals surface area contributed by atoms with Gasteiger partial charge in [0.15, 0.2) is 0 Å². The molecule has 1 aromatic carbocycles. The van der Waals surface area contributed by atoms with E-state index in [0.717, 1.165) is 36.1 Å². The Hall–Kier alpha value is -2.78. The first-order valence-electron chi connectivity index (χ1n) is 8.99. The van der Waals surface area contributed by atoms with Gasteiger partial charge in [0.05, 0.1) is 17.1 Å². The summed E-state index contributed by atoms with van der Waals surface area (Å²) >= 11 is 1.37. The Labute approximate surface area is 166 Å². The fourth-order valence-corrected chi connectivity index (χ4v) is 4.53. The molecule has 0 fully saturated rings. The van der Waals surface area contributed by atoms with Crippen molar-refractivity contribution in [2.75, 3.05) is 25.6 Å². The van der Waals surface area contributed by atoms with E-state index < -0.39 is 10.8 Å². The molecule has 0 saturated carbocycles. The number of anilines is 1. The minimum atomic E-state index is -0.600. The van der Waals surface area contributed by atoms with E-state index in [9.17, 15) is 19.7 Å². The zero-order valence-corrected chi connectivity index (χ0v) is 16.3. The van der Waals surface area contributed by atoms with Crippen LogP contribution in [-0.4, -0.2) is 37.0 Å². The number of nitro benzene ring substituents is 1. The molecule has 2 amide bonds. The predicted molar refractivity (Wildman–Crippen MR) is 106 cm³/mol. The monoisotopic (exact) mass is 403 g/mol. The van der Waals surface area contributed by atoms with Crippen LogP contribution in [0.1, 0.15) is 44.0 Å². The van der Waals surface area contributed by atoms with E-state index in [-0.39, 0.29) is 17.2 Å². The first-order valence-corrected chi connectivity index (χ1v) is 9.81. The van der Waals surface area contributed by atoms with Crippen molar-refractivity contribution in [2.45, 2.75) is 25.7 Å². The summed E-state index contributed by atoms with van der Waals surface area (Å²) in [6.45, 7) is 0.744. The molecular formula is C19H21N3O5S. The summed E-state index contributed by atoms with van der Waals surface area (Å²) in [6, 6.07) is 5.76. The van der Waals surface area contributed by atoms with Crippen LogP contribution in [0.3, 0.4) is 0 Å². The molecule has 1 aliphatic carbocycles. The number of hydrogen-bond donors (Lipinski definition) is 2. The number of methoxy groups -OCH3 is 1. The van der Waals surface area contributed by atoms with Crippen LogP contribution in [0.5, 0.6) is 0 Å². The van der Waals surface area contributed by atoms with E-state index in [2.05, 4.69) is 10.6 Å². The van der Waals surface area contributed by atoms with Crippen LogP contribution in [-0.2, 0) is 17.6 Å². The van der Waals surface area contributed by atoms with Gasteiger partial charge in [-0.3, -0.25) is 19.7 Å². The largest absolute Gasteiger partial charge is 0.383 e. The van der Waals surface area contributed by atoms with Crippen molar-refractivity contribution in [2.24, 2.45) is 0 Å². The lowest BCUT2D eigenvalue weighted by Crippen LogP contribution is -2.28. The lowest BCUT2D eigenvalue weighted by Gasteiger charge is -2.13. The number of nitrogens with zero attached hydrogens (tertiary/aromatic N) is 1. The Morgan fingerprint density at radius 2 is 1.96 bits per heavy atom. The maximum Gasteiger partial charge on any atom is 0.282 e. The van der Waals surface area contributed by atoms with Gasteiger partial charge in [0.25, 0.3) is 17.5 Å². The molecule has 0 aliphatic heterocycles. The normalized spacial score (nSPS) is 12.9. The number of nitro groups is 1. The van der Waals surface area contributed by atoms with E-state index in [1.54, 1.807) is 13.2 Å². The predicted octanol–water partition coefficient (Wildman–Crippen LogP) is 3.16. The van der Waals surface area contributed by atoms with Crippen molar-refractivity contribution < 1.29 is 19.2 Å². The van der Waals surface area contributed by atoms with Crippen molar-refractivity contribution in [1.29, 1.82) is 0 Å². The summed E-state index contributed by atoms with van der Waals surface area (Å²) in [4.78, 5) is 37.2. The number of rotatable bonds is 7. The van der Waals surface area contributed by atoms with Crippen LogP contribution in [0.2, 0.25) is 0 Å². The second kappa shape index (κ2) is 8.94. The molecule has 8 nitrogen and oxygen atoms in total. The molecular weight excluding hydrogens is 382 g/mol. The highest BCUT2D eigenvalue weighted by molar-refractivity contribution is 7.17. The maximum atomic E-state index is 12.7. The van der Waals surface area contributed by atoms with E-state index in [4.69, 9.17) is 4.74 Å². The van der Waals surface area contributed by atoms with Gasteiger partial charge < -0.3 is 15.4 Å². The summed E-state index contributed by atoms with van der Waals surface area (Å²) in [7, 11) is 1.55. The number of benzene rings is 1. The zero-order valence-electron chi connectivity index (χ0n) is 15.4. The third-order valence-electron chi connectivity index (χ3n) is 4.56. The minimum Gasteiger partial charge on any atom is -0.383 e. The fourth-order valence-electron chi connectivity index (χ4n) is 3.24. The molecule has 3 rings (SSSR count). The van der Waals surface area contributed by atoms with Crippen molar-refractivity contribution in [3.8, 4) is 0 Å². The van der Waals surface area contributed by atoms with Gasteiger partial charge in [-0.15, -0.1) is 11.3 Å². The third-order valence-corrected chi connectivity index (χ3v) is 5.77. The first-order chi connectivity index (χ1) is 13.5. The van der Waals surface area contributed by atoms with Crippen LogP contribution in [0.15, 0.2) is 24.3 Å². The van der Waals surface area contributed by atoms with E-state index >= 15 is 0 Å². The topological polar surface area (TPSA) is 111 Å². The Morgan fingerprint density at radius 3 is 2.71 bits per heavy atom. The van der Waals surface area contributed by atoms with E-state index in [0.29, 0.717) is 23.7 Å². The summed E-state index contributed by atoms with van der Waals surface area (Å²) in [5.74, 6) is -0.869. The second-order valence-electron chi connectivity index (χ2n) is 6.39. The third kappa shape index (κ3) is 4.20. The molecule has 0 radical (unpaired) electrons. The second-order valence-corrected chi connectivity index (χ2v) is 7.50. The van der Waals surface area contributed by atoms with Crippen molar-refractivity contribution >= 4 is 33.8 Å².